The number of amides is 2. The first kappa shape index (κ1) is 19.1. The van der Waals surface area contributed by atoms with Gasteiger partial charge in [0.25, 0.3) is 5.91 Å². The van der Waals surface area contributed by atoms with Crippen LogP contribution in [-0.2, 0) is 22.4 Å². The summed E-state index contributed by atoms with van der Waals surface area (Å²) >= 11 is 1.36. The third-order valence-electron chi connectivity index (χ3n) is 6.73. The molecule has 1 fully saturated rings. The van der Waals surface area contributed by atoms with Gasteiger partial charge in [0.05, 0.1) is 17.4 Å². The number of thiophene rings is 1. The minimum absolute atomic E-state index is 0.0940. The van der Waals surface area contributed by atoms with Crippen LogP contribution in [-0.4, -0.2) is 22.9 Å². The lowest BCUT2D eigenvalue weighted by Crippen LogP contribution is -2.47. The predicted molar refractivity (Wildman–Crippen MR) is 114 cm³/mol. The van der Waals surface area contributed by atoms with Gasteiger partial charge in [-0.2, -0.15) is 0 Å². The third-order valence-corrected chi connectivity index (χ3v) is 7.91. The Kier molecular flexibility index (Phi) is 4.50. The van der Waals surface area contributed by atoms with E-state index in [0.29, 0.717) is 17.0 Å². The molecule has 4 aliphatic carbocycles. The minimum atomic E-state index is -0.941. The number of rotatable bonds is 4. The van der Waals surface area contributed by atoms with Crippen LogP contribution in [0.2, 0.25) is 0 Å². The van der Waals surface area contributed by atoms with E-state index in [0.717, 1.165) is 35.3 Å². The van der Waals surface area contributed by atoms with Crippen LogP contribution >= 0.6 is 11.3 Å². The molecule has 6 rings (SSSR count). The summed E-state index contributed by atoms with van der Waals surface area (Å²) in [5.41, 5.74) is 9.22. The molecule has 2 amide bonds. The van der Waals surface area contributed by atoms with E-state index in [9.17, 15) is 19.5 Å². The number of benzene rings is 1. The lowest BCUT2D eigenvalue weighted by Gasteiger charge is -2.41. The van der Waals surface area contributed by atoms with Crippen molar-refractivity contribution in [3.05, 3.63) is 53.1 Å². The second-order valence-electron chi connectivity index (χ2n) is 8.30. The normalized spacial score (nSPS) is 26.0. The molecule has 0 aliphatic heterocycles. The molecule has 4 aliphatic rings. The monoisotopic (exact) mass is 422 g/mol. The maximum absolute atomic E-state index is 13.3. The SMILES string of the molecule is NC(=O)c1c(NC(=O)[C@H]2[C@H](C(=O)O)[C@H]3C=C[C@H]2CC3)sc2c1CCc1ccccc1-2. The lowest BCUT2D eigenvalue weighted by molar-refractivity contribution is -0.151. The molecule has 7 heteroatoms. The van der Waals surface area contributed by atoms with Crippen LogP contribution in [0, 0.1) is 23.7 Å². The van der Waals surface area contributed by atoms with Crippen molar-refractivity contribution >= 4 is 34.1 Å². The second kappa shape index (κ2) is 7.09. The highest BCUT2D eigenvalue weighted by Gasteiger charge is 2.48. The third kappa shape index (κ3) is 2.88. The van der Waals surface area contributed by atoms with E-state index in [1.54, 1.807) is 0 Å². The van der Waals surface area contributed by atoms with E-state index < -0.39 is 23.7 Å². The van der Waals surface area contributed by atoms with Crippen molar-refractivity contribution in [2.24, 2.45) is 29.4 Å². The number of fused-ring (bicyclic) bond motifs is 5. The van der Waals surface area contributed by atoms with Gasteiger partial charge in [-0.15, -0.1) is 11.3 Å². The summed E-state index contributed by atoms with van der Waals surface area (Å²) in [7, 11) is 0. The van der Waals surface area contributed by atoms with Gasteiger partial charge in [0.2, 0.25) is 5.91 Å². The van der Waals surface area contributed by atoms with Crippen LogP contribution in [0.3, 0.4) is 0 Å². The molecule has 2 bridgehead atoms. The van der Waals surface area contributed by atoms with E-state index in [1.807, 2.05) is 30.4 Å². The average Bonchev–Trinajstić information content (AvgIpc) is 3.12. The van der Waals surface area contributed by atoms with Crippen LogP contribution in [0.5, 0.6) is 0 Å². The lowest BCUT2D eigenvalue weighted by atomic mass is 9.62. The Balaban J connectivity index is 1.52. The number of primary amides is 1. The van der Waals surface area contributed by atoms with Gasteiger partial charge in [0.1, 0.15) is 5.00 Å². The molecule has 154 valence electrons. The minimum Gasteiger partial charge on any atom is -0.481 e. The first-order valence-corrected chi connectivity index (χ1v) is 11.0. The largest absolute Gasteiger partial charge is 0.481 e. The standard InChI is InChI=1S/C23H22N2O4S/c24-20(26)18-15-10-9-11-3-1-2-4-14(11)19(15)30-22(18)25-21(27)16-12-5-7-13(8-6-12)17(16)23(28)29/h1-5,7,12-13,16-17H,6,8-10H2,(H2,24,26)(H,25,27)(H,28,29)/t12-,13-,16+,17+/m0/s1. The highest BCUT2D eigenvalue weighted by molar-refractivity contribution is 7.20. The van der Waals surface area contributed by atoms with Crippen LogP contribution in [0.25, 0.3) is 10.4 Å². The highest BCUT2D eigenvalue weighted by atomic mass is 32.1. The Morgan fingerprint density at radius 2 is 1.73 bits per heavy atom. The van der Waals surface area contributed by atoms with Gasteiger partial charge >= 0.3 is 5.97 Å². The van der Waals surface area contributed by atoms with E-state index >= 15 is 0 Å². The number of nitrogens with one attached hydrogen (secondary N) is 1. The molecular weight excluding hydrogens is 400 g/mol. The molecule has 6 nitrogen and oxygen atoms in total. The van der Waals surface area contributed by atoms with Crippen molar-refractivity contribution in [1.29, 1.82) is 0 Å². The fraction of sp³-hybridized carbons (Fsp3) is 0.348. The number of hydrogen-bond donors (Lipinski definition) is 3. The average molecular weight is 423 g/mol. The zero-order valence-corrected chi connectivity index (χ0v) is 17.1. The first-order chi connectivity index (χ1) is 14.5. The number of carboxylic acids is 1. The number of aryl methyl sites for hydroxylation is 1. The Morgan fingerprint density at radius 3 is 2.40 bits per heavy atom. The van der Waals surface area contributed by atoms with Crippen molar-refractivity contribution in [1.82, 2.24) is 0 Å². The van der Waals surface area contributed by atoms with Gasteiger partial charge in [-0.3, -0.25) is 14.4 Å². The molecule has 0 saturated heterocycles. The number of carboxylic acid groups (broad SMARTS) is 1. The zero-order chi connectivity index (χ0) is 21.0. The molecule has 4 N–H and O–H groups in total. The van der Waals surface area contributed by atoms with Crippen LogP contribution in [0.15, 0.2) is 36.4 Å². The molecule has 2 aromatic rings. The highest BCUT2D eigenvalue weighted by Crippen LogP contribution is 2.48. The first-order valence-electron chi connectivity index (χ1n) is 10.2. The maximum atomic E-state index is 13.3. The molecule has 1 saturated carbocycles. The van der Waals surface area contributed by atoms with Crippen LogP contribution in [0.1, 0.15) is 34.3 Å². The van der Waals surface area contributed by atoms with E-state index in [2.05, 4.69) is 11.4 Å². The Labute approximate surface area is 177 Å². The molecule has 30 heavy (non-hydrogen) atoms. The Bertz CT molecular complexity index is 1100. The van der Waals surface area contributed by atoms with Gasteiger partial charge in [0, 0.05) is 4.88 Å². The van der Waals surface area contributed by atoms with Gasteiger partial charge in [-0.25, -0.2) is 0 Å². The Morgan fingerprint density at radius 1 is 1.03 bits per heavy atom. The van der Waals surface area contributed by atoms with Crippen molar-refractivity contribution < 1.29 is 19.5 Å². The fourth-order valence-corrected chi connectivity index (χ4v) is 6.69. The predicted octanol–water partition coefficient (Wildman–Crippen LogP) is 3.46. The number of allylic oxidation sites excluding steroid dienone is 2. The Hall–Kier alpha value is -2.93. The number of hydrogen-bond acceptors (Lipinski definition) is 4. The summed E-state index contributed by atoms with van der Waals surface area (Å²) in [6.07, 6.45) is 7.00. The van der Waals surface area contributed by atoms with Gasteiger partial charge in [-0.1, -0.05) is 36.4 Å². The number of carbonyl (C=O) groups excluding carboxylic acids is 2. The summed E-state index contributed by atoms with van der Waals surface area (Å²) in [6, 6.07) is 8.04. The van der Waals surface area contributed by atoms with Gasteiger partial charge in [-0.05, 0) is 54.2 Å². The number of carbonyl (C=O) groups is 3. The second-order valence-corrected chi connectivity index (χ2v) is 9.32. The topological polar surface area (TPSA) is 109 Å². The van der Waals surface area contributed by atoms with Crippen LogP contribution in [0.4, 0.5) is 5.00 Å². The van der Waals surface area contributed by atoms with Crippen molar-refractivity contribution in [2.75, 3.05) is 5.32 Å². The molecule has 1 aromatic carbocycles. The molecule has 0 radical (unpaired) electrons. The van der Waals surface area contributed by atoms with Gasteiger partial charge < -0.3 is 16.2 Å². The zero-order valence-electron chi connectivity index (χ0n) is 16.3. The summed E-state index contributed by atoms with van der Waals surface area (Å²) in [6.45, 7) is 0. The molecule has 1 aromatic heterocycles. The van der Waals surface area contributed by atoms with E-state index in [4.69, 9.17) is 5.73 Å². The number of nitrogens with two attached hydrogens (primary N) is 1. The fourth-order valence-electron chi connectivity index (χ4n) is 5.37. The number of aliphatic carboxylic acids is 1. The van der Waals surface area contributed by atoms with Crippen molar-refractivity contribution in [3.63, 3.8) is 0 Å². The summed E-state index contributed by atoms with van der Waals surface area (Å²) < 4.78 is 0. The molecule has 0 spiro atoms. The molecular formula is C23H22N2O4S. The van der Waals surface area contributed by atoms with E-state index in [-0.39, 0.29) is 17.7 Å². The number of anilines is 1. The van der Waals surface area contributed by atoms with Crippen molar-refractivity contribution in [2.45, 2.75) is 25.7 Å². The summed E-state index contributed by atoms with van der Waals surface area (Å²) in [4.78, 5) is 38.4. The van der Waals surface area contributed by atoms with E-state index in [1.165, 1.54) is 16.9 Å². The molecule has 0 unspecified atom stereocenters. The summed E-state index contributed by atoms with van der Waals surface area (Å²) in [5.74, 6) is -3.44. The molecule has 1 heterocycles. The van der Waals surface area contributed by atoms with Gasteiger partial charge in [0.15, 0.2) is 0 Å². The molecule has 4 atom stereocenters. The van der Waals surface area contributed by atoms with Crippen molar-refractivity contribution in [3.8, 4) is 10.4 Å². The quantitative estimate of drug-likeness (QED) is 0.656. The smallest absolute Gasteiger partial charge is 0.307 e. The maximum Gasteiger partial charge on any atom is 0.307 e. The van der Waals surface area contributed by atoms with Crippen LogP contribution < -0.4 is 11.1 Å². The summed E-state index contributed by atoms with van der Waals surface area (Å²) in [5, 5.41) is 13.1.